The molecule has 0 radical (unpaired) electrons. The number of fused-ring (bicyclic) bond motifs is 1. The Balaban J connectivity index is 1.31. The van der Waals surface area contributed by atoms with Gasteiger partial charge in [0.05, 0.1) is 12.0 Å². The van der Waals surface area contributed by atoms with Gasteiger partial charge in [-0.05, 0) is 29.8 Å². The number of aromatic nitrogens is 3. The molecule has 5 rings (SSSR count). The standard InChI is InChI=1S/C28H23N5OS/c1-20-14-16-22(17-15-20)27-31-32-28(33(27)24-11-3-2-4-12-24)35-19-26(34)30-29-18-23-10-7-9-21-8-5-6-13-25(21)23/h2-18H,19H2,1H3,(H,30,34)/b29-18-. The van der Waals surface area contributed by atoms with Crippen LogP contribution in [0.4, 0.5) is 0 Å². The number of nitrogens with one attached hydrogen (secondary N) is 1. The van der Waals surface area contributed by atoms with Crippen LogP contribution in [0.15, 0.2) is 107 Å². The van der Waals surface area contributed by atoms with E-state index in [1.807, 2.05) is 96.4 Å². The van der Waals surface area contributed by atoms with Crippen LogP contribution >= 0.6 is 11.8 Å². The Labute approximate surface area is 207 Å². The fourth-order valence-corrected chi connectivity index (χ4v) is 4.51. The van der Waals surface area contributed by atoms with E-state index in [4.69, 9.17) is 0 Å². The van der Waals surface area contributed by atoms with Crippen molar-refractivity contribution < 1.29 is 4.79 Å². The first-order valence-corrected chi connectivity index (χ1v) is 12.2. The Bertz CT molecular complexity index is 1490. The zero-order valence-corrected chi connectivity index (χ0v) is 19.9. The van der Waals surface area contributed by atoms with E-state index in [2.05, 4.69) is 32.9 Å². The highest BCUT2D eigenvalue weighted by molar-refractivity contribution is 7.99. The van der Waals surface area contributed by atoms with Gasteiger partial charge in [-0.25, -0.2) is 5.43 Å². The molecule has 1 aromatic heterocycles. The number of carbonyl (C=O) groups excluding carboxylic acids is 1. The Hall–Kier alpha value is -4.23. The normalized spacial score (nSPS) is 11.2. The molecular formula is C28H23N5OS. The molecule has 172 valence electrons. The smallest absolute Gasteiger partial charge is 0.250 e. The van der Waals surface area contributed by atoms with Gasteiger partial charge in [0.1, 0.15) is 0 Å². The van der Waals surface area contributed by atoms with E-state index in [9.17, 15) is 4.79 Å². The number of para-hydroxylation sites is 1. The third kappa shape index (κ3) is 5.15. The largest absolute Gasteiger partial charge is 0.272 e. The zero-order chi connectivity index (χ0) is 24.0. The fourth-order valence-electron chi connectivity index (χ4n) is 3.76. The second kappa shape index (κ2) is 10.4. The Morgan fingerprint density at radius 2 is 1.66 bits per heavy atom. The molecule has 0 saturated heterocycles. The van der Waals surface area contributed by atoms with E-state index in [1.54, 1.807) is 6.21 Å². The predicted octanol–water partition coefficient (Wildman–Crippen LogP) is 5.64. The number of hydrazone groups is 1. The summed E-state index contributed by atoms with van der Waals surface area (Å²) in [5.41, 5.74) is 6.64. The Morgan fingerprint density at radius 3 is 2.49 bits per heavy atom. The summed E-state index contributed by atoms with van der Waals surface area (Å²) in [4.78, 5) is 12.5. The molecule has 0 aliphatic heterocycles. The zero-order valence-electron chi connectivity index (χ0n) is 19.1. The predicted molar refractivity (Wildman–Crippen MR) is 142 cm³/mol. The molecule has 0 atom stereocenters. The molecule has 7 heteroatoms. The SMILES string of the molecule is Cc1ccc(-c2nnc(SCC(=O)N/N=C\c3cccc4ccccc34)n2-c2ccccc2)cc1. The third-order valence-electron chi connectivity index (χ3n) is 5.51. The second-order valence-corrected chi connectivity index (χ2v) is 8.94. The van der Waals surface area contributed by atoms with Crippen LogP contribution in [0.3, 0.4) is 0 Å². The lowest BCUT2D eigenvalue weighted by atomic mass is 10.1. The highest BCUT2D eigenvalue weighted by Crippen LogP contribution is 2.28. The van der Waals surface area contributed by atoms with Crippen LogP contribution in [0.5, 0.6) is 0 Å². The molecule has 0 spiro atoms. The maximum Gasteiger partial charge on any atom is 0.250 e. The van der Waals surface area contributed by atoms with E-state index in [0.717, 1.165) is 33.4 Å². The number of hydrogen-bond donors (Lipinski definition) is 1. The minimum Gasteiger partial charge on any atom is -0.272 e. The van der Waals surface area contributed by atoms with Crippen molar-refractivity contribution >= 4 is 34.7 Å². The molecule has 0 bridgehead atoms. The van der Waals surface area contributed by atoms with Gasteiger partial charge < -0.3 is 0 Å². The maximum atomic E-state index is 12.5. The molecule has 1 amide bonds. The highest BCUT2D eigenvalue weighted by atomic mass is 32.2. The summed E-state index contributed by atoms with van der Waals surface area (Å²) in [6.07, 6.45) is 1.67. The number of hydrogen-bond acceptors (Lipinski definition) is 5. The first-order chi connectivity index (χ1) is 17.2. The topological polar surface area (TPSA) is 72.2 Å². The maximum absolute atomic E-state index is 12.5. The fraction of sp³-hybridized carbons (Fsp3) is 0.0714. The lowest BCUT2D eigenvalue weighted by Crippen LogP contribution is -2.20. The average Bonchev–Trinajstić information content (AvgIpc) is 3.32. The molecule has 1 N–H and O–H groups in total. The molecule has 6 nitrogen and oxygen atoms in total. The van der Waals surface area contributed by atoms with Gasteiger partial charge in [0.2, 0.25) is 0 Å². The average molecular weight is 478 g/mol. The monoisotopic (exact) mass is 477 g/mol. The van der Waals surface area contributed by atoms with Crippen molar-refractivity contribution in [3.8, 4) is 17.1 Å². The molecule has 0 fully saturated rings. The number of thioether (sulfide) groups is 1. The van der Waals surface area contributed by atoms with Gasteiger partial charge in [-0.2, -0.15) is 5.10 Å². The molecular weight excluding hydrogens is 454 g/mol. The molecule has 5 aromatic rings. The van der Waals surface area contributed by atoms with E-state index >= 15 is 0 Å². The quantitative estimate of drug-likeness (QED) is 0.187. The lowest BCUT2D eigenvalue weighted by Gasteiger charge is -2.10. The highest BCUT2D eigenvalue weighted by Gasteiger charge is 2.17. The third-order valence-corrected chi connectivity index (χ3v) is 6.44. The molecule has 0 saturated carbocycles. The summed E-state index contributed by atoms with van der Waals surface area (Å²) in [7, 11) is 0. The molecule has 35 heavy (non-hydrogen) atoms. The Kier molecular flexibility index (Phi) is 6.68. The van der Waals surface area contributed by atoms with Crippen LogP contribution in [0, 0.1) is 6.92 Å². The molecule has 1 heterocycles. The van der Waals surface area contributed by atoms with E-state index in [0.29, 0.717) is 5.16 Å². The van der Waals surface area contributed by atoms with Crippen LogP contribution in [-0.4, -0.2) is 32.6 Å². The van der Waals surface area contributed by atoms with Gasteiger partial charge in [0.15, 0.2) is 11.0 Å². The molecule has 0 unspecified atom stereocenters. The lowest BCUT2D eigenvalue weighted by molar-refractivity contribution is -0.118. The van der Waals surface area contributed by atoms with Crippen LogP contribution < -0.4 is 5.43 Å². The van der Waals surface area contributed by atoms with Crippen molar-refractivity contribution in [2.24, 2.45) is 5.10 Å². The van der Waals surface area contributed by atoms with Crippen LogP contribution in [0.2, 0.25) is 0 Å². The Morgan fingerprint density at radius 1 is 0.914 bits per heavy atom. The number of carbonyl (C=O) groups is 1. The van der Waals surface area contributed by atoms with Crippen molar-refractivity contribution in [3.63, 3.8) is 0 Å². The van der Waals surface area contributed by atoms with Crippen LogP contribution in [0.25, 0.3) is 27.8 Å². The summed E-state index contributed by atoms with van der Waals surface area (Å²) in [5, 5.41) is 15.8. The number of benzene rings is 4. The van der Waals surface area contributed by atoms with Crippen LogP contribution in [-0.2, 0) is 4.79 Å². The number of rotatable bonds is 7. The van der Waals surface area contributed by atoms with Crippen LogP contribution in [0.1, 0.15) is 11.1 Å². The first kappa shape index (κ1) is 22.6. The van der Waals surface area contributed by atoms with Crippen molar-refractivity contribution in [1.82, 2.24) is 20.2 Å². The van der Waals surface area contributed by atoms with E-state index < -0.39 is 0 Å². The number of aryl methyl sites for hydroxylation is 1. The van der Waals surface area contributed by atoms with Gasteiger partial charge in [0.25, 0.3) is 5.91 Å². The number of nitrogens with zero attached hydrogens (tertiary/aromatic N) is 4. The summed E-state index contributed by atoms with van der Waals surface area (Å²) in [5.74, 6) is 0.672. The van der Waals surface area contributed by atoms with Gasteiger partial charge in [-0.15, -0.1) is 10.2 Å². The molecule has 0 aliphatic carbocycles. The summed E-state index contributed by atoms with van der Waals surface area (Å²) >= 11 is 1.32. The van der Waals surface area contributed by atoms with E-state index in [1.165, 1.54) is 17.3 Å². The minimum absolute atomic E-state index is 0.158. The van der Waals surface area contributed by atoms with Gasteiger partial charge in [-0.3, -0.25) is 9.36 Å². The first-order valence-electron chi connectivity index (χ1n) is 11.2. The molecule has 4 aromatic carbocycles. The van der Waals surface area contributed by atoms with Gasteiger partial charge in [0, 0.05) is 16.8 Å². The van der Waals surface area contributed by atoms with Crippen molar-refractivity contribution in [2.75, 3.05) is 5.75 Å². The number of amides is 1. The van der Waals surface area contributed by atoms with E-state index in [-0.39, 0.29) is 11.7 Å². The van der Waals surface area contributed by atoms with Gasteiger partial charge in [-0.1, -0.05) is 102 Å². The minimum atomic E-state index is -0.217. The van der Waals surface area contributed by atoms with Crippen molar-refractivity contribution in [2.45, 2.75) is 12.1 Å². The second-order valence-electron chi connectivity index (χ2n) is 7.99. The van der Waals surface area contributed by atoms with Crippen molar-refractivity contribution in [3.05, 3.63) is 108 Å². The summed E-state index contributed by atoms with van der Waals surface area (Å²) in [6, 6.07) is 32.1. The summed E-state index contributed by atoms with van der Waals surface area (Å²) < 4.78 is 1.97. The van der Waals surface area contributed by atoms with Gasteiger partial charge >= 0.3 is 0 Å². The summed E-state index contributed by atoms with van der Waals surface area (Å²) in [6.45, 7) is 2.05. The molecule has 0 aliphatic rings. The van der Waals surface area contributed by atoms with Crippen molar-refractivity contribution in [1.29, 1.82) is 0 Å².